The fourth-order valence-corrected chi connectivity index (χ4v) is 5.53. The Bertz CT molecular complexity index is 1470. The molecule has 9 heteroatoms. The summed E-state index contributed by atoms with van der Waals surface area (Å²) < 4.78 is 55.1. The molecule has 0 saturated carbocycles. The lowest BCUT2D eigenvalue weighted by Crippen LogP contribution is -2.17. The van der Waals surface area contributed by atoms with Gasteiger partial charge in [-0.05, 0) is 42.0 Å². The third-order valence-corrected chi connectivity index (χ3v) is 7.42. The zero-order valence-corrected chi connectivity index (χ0v) is 23.3. The highest BCUT2D eigenvalue weighted by Gasteiger charge is 2.39. The van der Waals surface area contributed by atoms with E-state index in [1.54, 1.807) is 74.9 Å². The molecule has 4 aromatic carbocycles. The largest absolute Gasteiger partial charge is 0.647 e. The van der Waals surface area contributed by atoms with E-state index in [0.29, 0.717) is 40.7 Å². The summed E-state index contributed by atoms with van der Waals surface area (Å²) in [5, 5.41) is 0. The molecule has 0 spiro atoms. The summed E-state index contributed by atoms with van der Waals surface area (Å²) in [6.07, 6.45) is 0.435. The minimum atomic E-state index is -4.31. The highest BCUT2D eigenvalue weighted by Crippen LogP contribution is 2.56. The molecule has 0 aliphatic carbocycles. The number of fused-ring (bicyclic) bond motifs is 1. The van der Waals surface area contributed by atoms with Gasteiger partial charge in [-0.2, -0.15) is 4.57 Å². The molecule has 0 aromatic heterocycles. The molecule has 206 valence electrons. The maximum Gasteiger partial charge on any atom is 0.647 e. The maximum absolute atomic E-state index is 14.4. The number of rotatable bonds is 11. The van der Waals surface area contributed by atoms with Crippen LogP contribution in [0.4, 0.5) is 0 Å². The molecule has 0 unspecified atom stereocenters. The molecule has 40 heavy (non-hydrogen) atoms. The van der Waals surface area contributed by atoms with Gasteiger partial charge in [0.25, 0.3) is 0 Å². The van der Waals surface area contributed by atoms with Crippen LogP contribution < -0.4 is 28.0 Å². The van der Waals surface area contributed by atoms with Crippen LogP contribution in [0.1, 0.15) is 11.1 Å². The van der Waals surface area contributed by atoms with Crippen molar-refractivity contribution in [2.45, 2.75) is 6.42 Å². The molecular weight excluding hydrogens is 531 g/mol. The van der Waals surface area contributed by atoms with Gasteiger partial charge in [-0.3, -0.25) is 0 Å². The van der Waals surface area contributed by atoms with Crippen molar-refractivity contribution in [2.75, 3.05) is 27.9 Å². The van der Waals surface area contributed by atoms with Crippen LogP contribution >= 0.6 is 7.82 Å². The zero-order valence-electron chi connectivity index (χ0n) is 22.4. The quantitative estimate of drug-likeness (QED) is 0.176. The molecule has 0 amide bonds. The van der Waals surface area contributed by atoms with E-state index in [1.807, 2.05) is 36.4 Å². The average molecular weight is 561 g/mol. The summed E-state index contributed by atoms with van der Waals surface area (Å²) in [7, 11) is 0.397. The number of hydrogen-bond donors (Lipinski definition) is 0. The maximum atomic E-state index is 14.4. The second-order valence-corrected chi connectivity index (χ2v) is 10.2. The van der Waals surface area contributed by atoms with E-state index in [1.165, 1.54) is 7.11 Å². The lowest BCUT2D eigenvalue weighted by atomic mass is 9.98. The van der Waals surface area contributed by atoms with Crippen molar-refractivity contribution in [1.29, 1.82) is 0 Å². The molecule has 4 aromatic rings. The molecular formula is C31H29O8P. The number of phosphoric ester groups is 1. The molecule has 0 N–H and O–H groups in total. The summed E-state index contributed by atoms with van der Waals surface area (Å²) in [4.78, 5) is 0. The number of hydrogen-bond acceptors (Lipinski definition) is 8. The first kappa shape index (κ1) is 27.0. The fourth-order valence-electron chi connectivity index (χ4n) is 4.21. The number of ether oxygens (including phenoxy) is 4. The van der Waals surface area contributed by atoms with Gasteiger partial charge in [-0.1, -0.05) is 48.5 Å². The Morgan fingerprint density at radius 1 is 0.675 bits per heavy atom. The summed E-state index contributed by atoms with van der Waals surface area (Å²) in [5.41, 5.74) is 2.17. The van der Waals surface area contributed by atoms with Gasteiger partial charge in [0.15, 0.2) is 5.76 Å². The molecule has 1 aliphatic heterocycles. The van der Waals surface area contributed by atoms with Crippen molar-refractivity contribution in [1.82, 2.24) is 0 Å². The Balaban J connectivity index is 1.62. The van der Waals surface area contributed by atoms with Crippen LogP contribution in [0.3, 0.4) is 0 Å². The lowest BCUT2D eigenvalue weighted by molar-refractivity contribution is 0.271. The van der Waals surface area contributed by atoms with E-state index >= 15 is 0 Å². The van der Waals surface area contributed by atoms with Crippen molar-refractivity contribution in [3.05, 3.63) is 114 Å². The molecule has 5 rings (SSSR count). The molecule has 1 aliphatic rings. The smallest absolute Gasteiger partial charge is 0.497 e. The SMILES string of the molecule is COc1ccc(CC2=C(OP(=O)(Oc3ccccc3)Oc3ccccc3)c3c(OC)cc(OC)cc3OC2)cc1. The van der Waals surface area contributed by atoms with Gasteiger partial charge in [-0.15, -0.1) is 0 Å². The number of benzene rings is 4. The second-order valence-electron chi connectivity index (χ2n) is 8.80. The van der Waals surface area contributed by atoms with Gasteiger partial charge in [0, 0.05) is 24.1 Å². The van der Waals surface area contributed by atoms with Crippen LogP contribution in [0.2, 0.25) is 0 Å². The second kappa shape index (κ2) is 12.1. The van der Waals surface area contributed by atoms with E-state index in [0.717, 1.165) is 16.9 Å². The van der Waals surface area contributed by atoms with E-state index in [4.69, 9.17) is 32.5 Å². The van der Waals surface area contributed by atoms with Crippen LogP contribution in [-0.4, -0.2) is 27.9 Å². The first-order valence-corrected chi connectivity index (χ1v) is 14.0. The van der Waals surface area contributed by atoms with Crippen LogP contribution in [0.15, 0.2) is 103 Å². The zero-order chi connectivity index (χ0) is 28.0. The molecule has 8 nitrogen and oxygen atoms in total. The van der Waals surface area contributed by atoms with Crippen LogP contribution in [-0.2, 0) is 15.5 Å². The van der Waals surface area contributed by atoms with Crippen LogP contribution in [0, 0.1) is 0 Å². The molecule has 0 fully saturated rings. The summed E-state index contributed by atoms with van der Waals surface area (Å²) >= 11 is 0. The third kappa shape index (κ3) is 6.19. The highest BCUT2D eigenvalue weighted by atomic mass is 31.2. The third-order valence-electron chi connectivity index (χ3n) is 6.15. The predicted octanol–water partition coefficient (Wildman–Crippen LogP) is 7.34. The van der Waals surface area contributed by atoms with Gasteiger partial charge in [-0.25, -0.2) is 0 Å². The predicted molar refractivity (Wildman–Crippen MR) is 151 cm³/mol. The lowest BCUT2D eigenvalue weighted by Gasteiger charge is -2.28. The van der Waals surface area contributed by atoms with Gasteiger partial charge < -0.3 is 32.5 Å². The minimum Gasteiger partial charge on any atom is -0.497 e. The van der Waals surface area contributed by atoms with Crippen molar-refractivity contribution < 1.29 is 37.1 Å². The Morgan fingerprint density at radius 2 is 1.27 bits per heavy atom. The summed E-state index contributed by atoms with van der Waals surface area (Å²) in [6, 6.07) is 28.6. The molecule has 0 atom stereocenters. The Hall–Kier alpha value is -4.55. The summed E-state index contributed by atoms with van der Waals surface area (Å²) in [5.74, 6) is 3.09. The first-order valence-electron chi connectivity index (χ1n) is 12.5. The van der Waals surface area contributed by atoms with Crippen LogP contribution in [0.5, 0.6) is 34.5 Å². The Morgan fingerprint density at radius 3 is 1.82 bits per heavy atom. The molecule has 1 heterocycles. The molecule has 0 bridgehead atoms. The average Bonchev–Trinajstić information content (AvgIpc) is 2.99. The van der Waals surface area contributed by atoms with E-state index < -0.39 is 7.82 Å². The fraction of sp³-hybridized carbons (Fsp3) is 0.161. The number of methoxy groups -OCH3 is 3. The van der Waals surface area contributed by atoms with Gasteiger partial charge in [0.05, 0.1) is 21.3 Å². The first-order chi connectivity index (χ1) is 19.5. The minimum absolute atomic E-state index is 0.168. The monoisotopic (exact) mass is 560 g/mol. The Kier molecular flexibility index (Phi) is 8.18. The number of para-hydroxylation sites is 2. The highest BCUT2D eigenvalue weighted by molar-refractivity contribution is 7.49. The molecule has 0 saturated heterocycles. The van der Waals surface area contributed by atoms with Crippen molar-refractivity contribution in [2.24, 2.45) is 0 Å². The van der Waals surface area contributed by atoms with E-state index in [2.05, 4.69) is 0 Å². The van der Waals surface area contributed by atoms with Crippen molar-refractivity contribution >= 4 is 13.6 Å². The van der Waals surface area contributed by atoms with Gasteiger partial charge >= 0.3 is 7.82 Å². The van der Waals surface area contributed by atoms with Crippen LogP contribution in [0.25, 0.3) is 5.76 Å². The Labute approximate surface area is 233 Å². The van der Waals surface area contributed by atoms with Crippen molar-refractivity contribution in [3.63, 3.8) is 0 Å². The van der Waals surface area contributed by atoms with E-state index in [-0.39, 0.29) is 12.4 Å². The molecule has 0 radical (unpaired) electrons. The van der Waals surface area contributed by atoms with Crippen molar-refractivity contribution in [3.8, 4) is 34.5 Å². The summed E-state index contributed by atoms with van der Waals surface area (Å²) in [6.45, 7) is 0.168. The van der Waals surface area contributed by atoms with Gasteiger partial charge in [0.2, 0.25) is 0 Å². The van der Waals surface area contributed by atoms with E-state index in [9.17, 15) is 4.57 Å². The van der Waals surface area contributed by atoms with Gasteiger partial charge in [0.1, 0.15) is 46.7 Å². The number of phosphoric acid groups is 1. The normalized spacial score (nSPS) is 12.6. The standard InChI is InChI=1S/C31H29O8P/c1-33-24-16-14-22(15-17-24)18-23-21-36-29-20-27(34-2)19-28(35-3)30(29)31(23)39-40(32,37-25-10-6-4-7-11-25)38-26-12-8-5-9-13-26/h4-17,19-20H,18,21H2,1-3H3. The topological polar surface area (TPSA) is 81.7 Å².